The van der Waals surface area contributed by atoms with Crippen LogP contribution in [0, 0.1) is 0 Å². The summed E-state index contributed by atoms with van der Waals surface area (Å²) in [4.78, 5) is 0. The smallest absolute Gasteiger partial charge is 0.169 e. The van der Waals surface area contributed by atoms with E-state index in [-0.39, 0.29) is 0 Å². The van der Waals surface area contributed by atoms with Crippen molar-refractivity contribution in [2.24, 2.45) is 0 Å². The van der Waals surface area contributed by atoms with Crippen molar-refractivity contribution < 1.29 is 4.57 Å². The molecule has 0 saturated carbocycles. The quantitative estimate of drug-likeness (QED) is 0.200. The van der Waals surface area contributed by atoms with Gasteiger partial charge in [-0.25, -0.2) is 4.57 Å². The number of aromatic nitrogens is 1. The van der Waals surface area contributed by atoms with E-state index in [1.54, 1.807) is 0 Å². The van der Waals surface area contributed by atoms with E-state index in [0.29, 0.717) is 6.04 Å². The molecule has 0 amide bonds. The van der Waals surface area contributed by atoms with E-state index in [1.807, 2.05) is 0 Å². The predicted molar refractivity (Wildman–Crippen MR) is 111 cm³/mol. The number of rotatable bonds is 17. The fourth-order valence-corrected chi connectivity index (χ4v) is 3.77. The average Bonchev–Trinajstić information content (AvgIpc) is 2.65. The molecule has 1 aromatic rings. The van der Waals surface area contributed by atoms with Gasteiger partial charge in [-0.1, -0.05) is 97.0 Å². The van der Waals surface area contributed by atoms with Gasteiger partial charge in [-0.3, -0.25) is 0 Å². The topological polar surface area (TPSA) is 3.88 Å². The largest absolute Gasteiger partial charge is 0.202 e. The normalized spacial score (nSPS) is 12.4. The van der Waals surface area contributed by atoms with Gasteiger partial charge in [0.25, 0.3) is 0 Å². The van der Waals surface area contributed by atoms with Crippen molar-refractivity contribution in [2.75, 3.05) is 0 Å². The molecule has 1 heterocycles. The summed E-state index contributed by atoms with van der Waals surface area (Å²) in [5.41, 5.74) is 0. The first kappa shape index (κ1) is 22.2. The van der Waals surface area contributed by atoms with Crippen LogP contribution in [0.4, 0.5) is 0 Å². The van der Waals surface area contributed by atoms with Crippen LogP contribution in [0.5, 0.6) is 0 Å². The van der Waals surface area contributed by atoms with Gasteiger partial charge in [0, 0.05) is 25.0 Å². The van der Waals surface area contributed by atoms with Crippen LogP contribution >= 0.6 is 0 Å². The number of unbranched alkanes of at least 4 members (excludes halogenated alkanes) is 12. The van der Waals surface area contributed by atoms with Gasteiger partial charge in [0.15, 0.2) is 18.4 Å². The summed E-state index contributed by atoms with van der Waals surface area (Å²) in [5.74, 6) is 0. The first-order valence-corrected chi connectivity index (χ1v) is 11.3. The second-order valence-electron chi connectivity index (χ2n) is 7.80. The highest BCUT2D eigenvalue weighted by molar-refractivity contribution is 4.84. The van der Waals surface area contributed by atoms with Crippen LogP contribution in [0.3, 0.4) is 0 Å². The molecular formula is C24H44N+. The molecule has 0 saturated heterocycles. The summed E-state index contributed by atoms with van der Waals surface area (Å²) < 4.78 is 2.45. The standard InChI is InChI=1S/C24H44N/c1-3-5-7-8-9-10-11-12-13-14-17-21-24(20-16-6-4-2)25-22-18-15-19-23-25/h15,18-19,22-24H,3-14,16-17,20-21H2,1-2H3/q+1. The maximum absolute atomic E-state index is 2.45. The lowest BCUT2D eigenvalue weighted by molar-refractivity contribution is -0.724. The molecule has 25 heavy (non-hydrogen) atoms. The molecule has 0 spiro atoms. The molecule has 0 aromatic carbocycles. The van der Waals surface area contributed by atoms with Crippen molar-refractivity contribution in [1.82, 2.24) is 0 Å². The SMILES string of the molecule is CCCCCCCCCCCCCC(CCCCC)[n+]1ccccc1. The molecule has 0 radical (unpaired) electrons. The molecule has 1 aromatic heterocycles. The lowest BCUT2D eigenvalue weighted by Gasteiger charge is -2.12. The average molecular weight is 347 g/mol. The minimum atomic E-state index is 0.714. The molecule has 0 aliphatic heterocycles. The van der Waals surface area contributed by atoms with Gasteiger partial charge in [-0.15, -0.1) is 0 Å². The van der Waals surface area contributed by atoms with Crippen LogP contribution < -0.4 is 4.57 Å². The molecule has 1 unspecified atom stereocenters. The number of nitrogens with zero attached hydrogens (tertiary/aromatic N) is 1. The van der Waals surface area contributed by atoms with Crippen molar-refractivity contribution in [1.29, 1.82) is 0 Å². The van der Waals surface area contributed by atoms with Crippen LogP contribution in [0.25, 0.3) is 0 Å². The first-order valence-electron chi connectivity index (χ1n) is 11.3. The van der Waals surface area contributed by atoms with Gasteiger partial charge in [-0.2, -0.15) is 0 Å². The van der Waals surface area contributed by atoms with Gasteiger partial charge < -0.3 is 0 Å². The summed E-state index contributed by atoms with van der Waals surface area (Å²) in [6.07, 6.45) is 27.1. The Morgan fingerprint density at radius 1 is 0.520 bits per heavy atom. The van der Waals surface area contributed by atoms with E-state index < -0.39 is 0 Å². The zero-order chi connectivity index (χ0) is 18.0. The first-order chi connectivity index (χ1) is 12.4. The zero-order valence-corrected chi connectivity index (χ0v) is 17.2. The van der Waals surface area contributed by atoms with Gasteiger partial charge in [0.05, 0.1) is 0 Å². The van der Waals surface area contributed by atoms with E-state index in [9.17, 15) is 0 Å². The van der Waals surface area contributed by atoms with Crippen LogP contribution in [-0.4, -0.2) is 0 Å². The summed E-state index contributed by atoms with van der Waals surface area (Å²) in [6, 6.07) is 7.19. The molecule has 0 bridgehead atoms. The highest BCUT2D eigenvalue weighted by atomic mass is 15.0. The number of hydrogen-bond acceptors (Lipinski definition) is 0. The van der Waals surface area contributed by atoms with Crippen molar-refractivity contribution in [3.8, 4) is 0 Å². The lowest BCUT2D eigenvalue weighted by Crippen LogP contribution is -2.38. The third-order valence-corrected chi connectivity index (χ3v) is 5.44. The van der Waals surface area contributed by atoms with Gasteiger partial charge >= 0.3 is 0 Å². The minimum Gasteiger partial charge on any atom is -0.202 e. The molecule has 1 heteroatoms. The Bertz CT molecular complexity index is 373. The summed E-state index contributed by atoms with van der Waals surface area (Å²) in [6.45, 7) is 4.60. The molecule has 0 N–H and O–H groups in total. The van der Waals surface area contributed by atoms with Crippen LogP contribution in [-0.2, 0) is 0 Å². The summed E-state index contributed by atoms with van der Waals surface area (Å²) in [7, 11) is 0. The van der Waals surface area contributed by atoms with E-state index in [4.69, 9.17) is 0 Å². The van der Waals surface area contributed by atoms with Crippen LogP contribution in [0.2, 0.25) is 0 Å². The summed E-state index contributed by atoms with van der Waals surface area (Å²) >= 11 is 0. The van der Waals surface area contributed by atoms with Crippen molar-refractivity contribution >= 4 is 0 Å². The fourth-order valence-electron chi connectivity index (χ4n) is 3.77. The fraction of sp³-hybridized carbons (Fsp3) is 0.792. The van der Waals surface area contributed by atoms with E-state index in [2.05, 4.69) is 49.0 Å². The lowest BCUT2D eigenvalue weighted by atomic mass is 10.00. The number of pyridine rings is 1. The monoisotopic (exact) mass is 346 g/mol. The minimum absolute atomic E-state index is 0.714. The molecule has 1 atom stereocenters. The zero-order valence-electron chi connectivity index (χ0n) is 17.2. The molecular weight excluding hydrogens is 302 g/mol. The maximum Gasteiger partial charge on any atom is 0.169 e. The third-order valence-electron chi connectivity index (χ3n) is 5.44. The molecule has 1 rings (SSSR count). The Morgan fingerprint density at radius 3 is 1.44 bits per heavy atom. The van der Waals surface area contributed by atoms with Crippen molar-refractivity contribution in [2.45, 2.75) is 123 Å². The van der Waals surface area contributed by atoms with Crippen LogP contribution in [0.15, 0.2) is 30.6 Å². The van der Waals surface area contributed by atoms with E-state index in [0.717, 1.165) is 0 Å². The second kappa shape index (κ2) is 16.6. The summed E-state index contributed by atoms with van der Waals surface area (Å²) in [5, 5.41) is 0. The Hall–Kier alpha value is -0.850. The second-order valence-corrected chi connectivity index (χ2v) is 7.80. The molecule has 0 aliphatic carbocycles. The third kappa shape index (κ3) is 12.2. The van der Waals surface area contributed by atoms with Gasteiger partial charge in [0.2, 0.25) is 0 Å². The van der Waals surface area contributed by atoms with Gasteiger partial charge in [0.1, 0.15) is 0 Å². The van der Waals surface area contributed by atoms with Crippen molar-refractivity contribution in [3.05, 3.63) is 30.6 Å². The van der Waals surface area contributed by atoms with Crippen LogP contribution in [0.1, 0.15) is 123 Å². The Balaban J connectivity index is 2.08. The molecule has 0 aliphatic rings. The molecule has 1 nitrogen and oxygen atoms in total. The number of hydrogen-bond donors (Lipinski definition) is 0. The van der Waals surface area contributed by atoms with E-state index >= 15 is 0 Å². The van der Waals surface area contributed by atoms with E-state index in [1.165, 1.54) is 103 Å². The maximum atomic E-state index is 2.45. The highest BCUT2D eigenvalue weighted by Gasteiger charge is 2.16. The predicted octanol–water partition coefficient (Wildman–Crippen LogP) is 7.80. The van der Waals surface area contributed by atoms with Gasteiger partial charge in [-0.05, 0) is 12.8 Å². The van der Waals surface area contributed by atoms with Crippen molar-refractivity contribution in [3.63, 3.8) is 0 Å². The Labute approximate surface area is 158 Å². The highest BCUT2D eigenvalue weighted by Crippen LogP contribution is 2.19. The Kier molecular flexibility index (Phi) is 14.7. The molecule has 144 valence electrons. The Morgan fingerprint density at radius 2 is 0.920 bits per heavy atom. The molecule has 0 fully saturated rings.